The summed E-state index contributed by atoms with van der Waals surface area (Å²) in [7, 11) is 3.14. The first-order valence-electron chi connectivity index (χ1n) is 8.60. The van der Waals surface area contributed by atoms with Crippen LogP contribution in [0.3, 0.4) is 0 Å². The summed E-state index contributed by atoms with van der Waals surface area (Å²) in [5, 5.41) is 5.94. The van der Waals surface area contributed by atoms with Crippen molar-refractivity contribution < 1.29 is 26.8 Å². The Morgan fingerprint density at radius 2 is 1.97 bits per heavy atom. The molecule has 0 aliphatic carbocycles. The van der Waals surface area contributed by atoms with Crippen molar-refractivity contribution in [1.29, 1.82) is 0 Å². The van der Waals surface area contributed by atoms with Crippen LogP contribution in [0.2, 0.25) is 0 Å². The van der Waals surface area contributed by atoms with Gasteiger partial charge in [-0.05, 0) is 17.7 Å². The van der Waals surface area contributed by atoms with E-state index in [-0.39, 0.29) is 23.5 Å². The maximum Gasteiger partial charge on any atom is 0.471 e. The minimum atomic E-state index is -4.83. The lowest BCUT2D eigenvalue weighted by molar-refractivity contribution is -0.159. The molecule has 8 nitrogen and oxygen atoms in total. The Balaban J connectivity index is 1.73. The standard InChI is InChI=1S/C18H16F4N4O4/c1-26(5-6-29-2)13-12(14(27)15(13)28)23-8-9-3-4-10(11(19)7-9)16-24-17(30-25-16)18(20,21)22/h3-4,7,23H,5-6,8H2,1-2H3. The van der Waals surface area contributed by atoms with Crippen molar-refractivity contribution in [3.63, 3.8) is 0 Å². The molecule has 2 aromatic carbocycles. The van der Waals surface area contributed by atoms with Gasteiger partial charge in [-0.1, -0.05) is 11.2 Å². The molecule has 0 amide bonds. The number of likely N-dealkylation sites (N-methyl/N-ethyl adjacent to an activating group) is 1. The third-order valence-corrected chi connectivity index (χ3v) is 4.31. The molecule has 0 saturated carbocycles. The summed E-state index contributed by atoms with van der Waals surface area (Å²) in [6.07, 6.45) is -4.83. The smallest absolute Gasteiger partial charge is 0.383 e. The highest BCUT2D eigenvalue weighted by Gasteiger charge is 2.38. The zero-order valence-electron chi connectivity index (χ0n) is 15.8. The number of nitrogens with zero attached hydrogens (tertiary/aromatic N) is 3. The van der Waals surface area contributed by atoms with Crippen LogP contribution >= 0.6 is 0 Å². The van der Waals surface area contributed by atoms with Crippen LogP contribution < -0.4 is 21.1 Å². The van der Waals surface area contributed by atoms with Crippen molar-refractivity contribution in [2.75, 3.05) is 37.5 Å². The Kier molecular flexibility index (Phi) is 5.87. The van der Waals surface area contributed by atoms with Gasteiger partial charge in [0.25, 0.3) is 10.9 Å². The highest BCUT2D eigenvalue weighted by molar-refractivity contribution is 5.75. The summed E-state index contributed by atoms with van der Waals surface area (Å²) in [5.74, 6) is -2.98. The molecule has 0 fully saturated rings. The zero-order chi connectivity index (χ0) is 22.1. The van der Waals surface area contributed by atoms with Crippen LogP contribution in [0, 0.1) is 5.82 Å². The molecule has 1 N–H and O–H groups in total. The van der Waals surface area contributed by atoms with Gasteiger partial charge in [0, 0.05) is 27.2 Å². The Morgan fingerprint density at radius 1 is 1.23 bits per heavy atom. The van der Waals surface area contributed by atoms with E-state index in [9.17, 15) is 27.2 Å². The summed E-state index contributed by atoms with van der Waals surface area (Å²) < 4.78 is 61.0. The second kappa shape index (κ2) is 8.22. The molecule has 0 aliphatic rings. The van der Waals surface area contributed by atoms with E-state index in [4.69, 9.17) is 4.74 Å². The lowest BCUT2D eigenvalue weighted by Crippen LogP contribution is -2.42. The number of anilines is 2. The van der Waals surface area contributed by atoms with Gasteiger partial charge in [0.2, 0.25) is 5.82 Å². The number of nitrogens with one attached hydrogen (secondary N) is 1. The van der Waals surface area contributed by atoms with Gasteiger partial charge in [-0.15, -0.1) is 0 Å². The van der Waals surface area contributed by atoms with E-state index in [2.05, 4.69) is 20.0 Å². The fourth-order valence-corrected chi connectivity index (χ4v) is 2.74. The zero-order valence-corrected chi connectivity index (χ0v) is 15.8. The topological polar surface area (TPSA) is 97.6 Å². The highest BCUT2D eigenvalue weighted by atomic mass is 19.4. The SMILES string of the molecule is COCCN(C)c1c(NCc2ccc(-c3noc(C(F)(F)F)n3)c(F)c2)c(=O)c1=O. The molecular formula is C18H16F4N4O4. The van der Waals surface area contributed by atoms with Crippen molar-refractivity contribution in [3.8, 4) is 11.4 Å². The summed E-state index contributed by atoms with van der Waals surface area (Å²) in [6, 6.07) is 3.69. The Morgan fingerprint density at radius 3 is 2.57 bits per heavy atom. The molecule has 1 heterocycles. The lowest BCUT2D eigenvalue weighted by atomic mass is 10.1. The third kappa shape index (κ3) is 4.17. The number of aromatic nitrogens is 2. The summed E-state index contributed by atoms with van der Waals surface area (Å²) in [6.45, 7) is 0.755. The predicted octanol–water partition coefficient (Wildman–Crippen LogP) is 2.19. The highest BCUT2D eigenvalue weighted by Crippen LogP contribution is 2.30. The van der Waals surface area contributed by atoms with Gasteiger partial charge in [0.15, 0.2) is 0 Å². The summed E-state index contributed by atoms with van der Waals surface area (Å²) in [4.78, 5) is 28.4. The molecule has 0 bridgehead atoms. The van der Waals surface area contributed by atoms with E-state index in [0.717, 1.165) is 6.07 Å². The fraction of sp³-hybridized carbons (Fsp3) is 0.333. The number of hydrogen-bond donors (Lipinski definition) is 1. The second-order valence-electron chi connectivity index (χ2n) is 6.38. The van der Waals surface area contributed by atoms with Crippen LogP contribution in [0.25, 0.3) is 11.4 Å². The van der Waals surface area contributed by atoms with E-state index in [1.165, 1.54) is 19.2 Å². The van der Waals surface area contributed by atoms with Gasteiger partial charge in [-0.3, -0.25) is 9.59 Å². The van der Waals surface area contributed by atoms with Gasteiger partial charge in [0.05, 0.1) is 12.2 Å². The van der Waals surface area contributed by atoms with Crippen molar-refractivity contribution in [1.82, 2.24) is 10.1 Å². The molecule has 0 spiro atoms. The van der Waals surface area contributed by atoms with E-state index < -0.39 is 34.6 Å². The van der Waals surface area contributed by atoms with Gasteiger partial charge >= 0.3 is 12.1 Å². The first-order valence-corrected chi connectivity index (χ1v) is 8.60. The van der Waals surface area contributed by atoms with E-state index in [1.807, 2.05) is 0 Å². The summed E-state index contributed by atoms with van der Waals surface area (Å²) in [5.41, 5.74) is -0.883. The first kappa shape index (κ1) is 21.4. The first-order chi connectivity index (χ1) is 14.1. The number of rotatable bonds is 8. The third-order valence-electron chi connectivity index (χ3n) is 4.31. The van der Waals surface area contributed by atoms with Crippen LogP contribution in [0.1, 0.15) is 11.5 Å². The minimum absolute atomic E-state index is 0.00716. The van der Waals surface area contributed by atoms with Gasteiger partial charge in [-0.25, -0.2) is 4.39 Å². The second-order valence-corrected chi connectivity index (χ2v) is 6.38. The average Bonchev–Trinajstić information content (AvgIpc) is 3.19. The number of alkyl halides is 3. The van der Waals surface area contributed by atoms with E-state index in [1.54, 1.807) is 11.9 Å². The van der Waals surface area contributed by atoms with E-state index in [0.29, 0.717) is 18.7 Å². The van der Waals surface area contributed by atoms with Gasteiger partial charge < -0.3 is 19.5 Å². The molecule has 0 radical (unpaired) electrons. The normalized spacial score (nSPS) is 11.8. The molecule has 0 aliphatic heterocycles. The van der Waals surface area contributed by atoms with Crippen LogP contribution in [0.5, 0.6) is 0 Å². The van der Waals surface area contributed by atoms with Crippen LogP contribution in [-0.4, -0.2) is 37.4 Å². The molecule has 12 heteroatoms. The molecule has 0 saturated heterocycles. The molecule has 3 rings (SSSR count). The maximum atomic E-state index is 14.4. The maximum absolute atomic E-state index is 14.4. The molecular weight excluding hydrogens is 412 g/mol. The molecule has 0 unspecified atom stereocenters. The Hall–Kier alpha value is -3.28. The van der Waals surface area contributed by atoms with Crippen LogP contribution in [0.15, 0.2) is 32.3 Å². The largest absolute Gasteiger partial charge is 0.471 e. The van der Waals surface area contributed by atoms with Crippen molar-refractivity contribution >= 4 is 11.4 Å². The fourth-order valence-electron chi connectivity index (χ4n) is 2.74. The molecule has 160 valence electrons. The molecule has 0 atom stereocenters. The van der Waals surface area contributed by atoms with Crippen LogP contribution in [0.4, 0.5) is 28.9 Å². The number of methoxy groups -OCH3 is 1. The molecule has 1 aromatic heterocycles. The lowest BCUT2D eigenvalue weighted by Gasteiger charge is -2.23. The van der Waals surface area contributed by atoms with Gasteiger partial charge in [0.1, 0.15) is 17.2 Å². The van der Waals surface area contributed by atoms with Crippen molar-refractivity contribution in [3.05, 3.63) is 55.9 Å². The number of halogens is 4. The Labute approximate surface area is 166 Å². The van der Waals surface area contributed by atoms with Gasteiger partial charge in [-0.2, -0.15) is 18.2 Å². The Bertz CT molecular complexity index is 1120. The number of benzene rings is 1. The average molecular weight is 428 g/mol. The minimum Gasteiger partial charge on any atom is -0.383 e. The monoisotopic (exact) mass is 428 g/mol. The molecule has 30 heavy (non-hydrogen) atoms. The van der Waals surface area contributed by atoms with Crippen molar-refractivity contribution in [2.24, 2.45) is 0 Å². The quantitative estimate of drug-likeness (QED) is 0.431. The molecule has 3 aromatic rings. The number of ether oxygens (including phenoxy) is 1. The summed E-state index contributed by atoms with van der Waals surface area (Å²) >= 11 is 0. The van der Waals surface area contributed by atoms with Crippen molar-refractivity contribution in [2.45, 2.75) is 12.7 Å². The van der Waals surface area contributed by atoms with Crippen LogP contribution in [-0.2, 0) is 17.5 Å². The predicted molar refractivity (Wildman–Crippen MR) is 98.5 cm³/mol. The number of hydrogen-bond acceptors (Lipinski definition) is 8. The van der Waals surface area contributed by atoms with E-state index >= 15 is 0 Å².